The molecule has 0 heterocycles. The Bertz CT molecular complexity index is 317. The second-order valence-electron chi connectivity index (χ2n) is 5.61. The first-order valence-corrected chi connectivity index (χ1v) is 7.71. The van der Waals surface area contributed by atoms with Gasteiger partial charge in [0, 0.05) is 39.9 Å². The second-order valence-corrected chi connectivity index (χ2v) is 5.61. The number of hydrogen-bond acceptors (Lipinski definition) is 3. The molecule has 124 valence electrons. The first kappa shape index (κ1) is 19.7. The normalized spacial score (nSPS) is 13.2. The fourth-order valence-electron chi connectivity index (χ4n) is 1.35. The van der Waals surface area contributed by atoms with Gasteiger partial charge in [0.25, 0.3) is 0 Å². The Hall–Kier alpha value is -1.30. The van der Waals surface area contributed by atoms with Crippen LogP contribution in [-0.4, -0.2) is 63.2 Å². The van der Waals surface area contributed by atoms with E-state index >= 15 is 0 Å². The molecule has 6 heteroatoms. The van der Waals surface area contributed by atoms with Gasteiger partial charge >= 0.3 is 0 Å². The summed E-state index contributed by atoms with van der Waals surface area (Å²) in [5.74, 6) is 1.16. The molecule has 21 heavy (non-hydrogen) atoms. The maximum absolute atomic E-state index is 11.6. The molecule has 0 spiro atoms. The first-order valence-electron chi connectivity index (χ1n) is 7.71. The van der Waals surface area contributed by atoms with E-state index in [1.807, 2.05) is 6.92 Å². The molecule has 0 bridgehead atoms. The van der Waals surface area contributed by atoms with E-state index in [1.54, 1.807) is 19.0 Å². The molecule has 0 saturated heterocycles. The van der Waals surface area contributed by atoms with Crippen molar-refractivity contribution in [3.8, 4) is 0 Å². The van der Waals surface area contributed by atoms with E-state index in [9.17, 15) is 4.79 Å². The molecule has 0 aliphatic rings. The Balaban J connectivity index is 4.39. The highest BCUT2D eigenvalue weighted by Gasteiger charge is 2.10. The first-order chi connectivity index (χ1) is 9.88. The number of aliphatic imine (C=N–C) groups is 1. The fourth-order valence-corrected chi connectivity index (χ4v) is 1.35. The highest BCUT2D eigenvalue weighted by atomic mass is 16.5. The molecule has 0 aromatic carbocycles. The molecule has 1 unspecified atom stereocenters. The Morgan fingerprint density at radius 2 is 1.95 bits per heavy atom. The van der Waals surface area contributed by atoms with Crippen molar-refractivity contribution in [2.24, 2.45) is 10.9 Å². The van der Waals surface area contributed by atoms with Crippen LogP contribution in [0.3, 0.4) is 0 Å². The van der Waals surface area contributed by atoms with Crippen LogP contribution >= 0.6 is 0 Å². The summed E-state index contributed by atoms with van der Waals surface area (Å²) >= 11 is 0. The minimum absolute atomic E-state index is 0.0115. The molecule has 6 nitrogen and oxygen atoms in total. The van der Waals surface area contributed by atoms with Crippen LogP contribution in [-0.2, 0) is 9.53 Å². The Kier molecular flexibility index (Phi) is 10.7. The van der Waals surface area contributed by atoms with Crippen molar-refractivity contribution in [3.63, 3.8) is 0 Å². The van der Waals surface area contributed by atoms with Crippen LogP contribution < -0.4 is 10.6 Å². The molecule has 0 rings (SSSR count). The van der Waals surface area contributed by atoms with E-state index in [0.717, 1.165) is 26.2 Å². The predicted octanol–water partition coefficient (Wildman–Crippen LogP) is 1.08. The largest absolute Gasteiger partial charge is 0.382 e. The molecule has 0 saturated carbocycles. The summed E-state index contributed by atoms with van der Waals surface area (Å²) < 4.78 is 5.30. The third kappa shape index (κ3) is 10.1. The van der Waals surface area contributed by atoms with E-state index in [-0.39, 0.29) is 18.5 Å². The van der Waals surface area contributed by atoms with E-state index in [0.29, 0.717) is 11.9 Å². The zero-order chi connectivity index (χ0) is 16.3. The number of guanidine groups is 1. The van der Waals surface area contributed by atoms with Crippen LogP contribution in [0.15, 0.2) is 4.99 Å². The highest BCUT2D eigenvalue weighted by molar-refractivity contribution is 5.84. The van der Waals surface area contributed by atoms with E-state index in [1.165, 1.54) is 0 Å². The summed E-state index contributed by atoms with van der Waals surface area (Å²) in [5, 5.41) is 6.58. The van der Waals surface area contributed by atoms with Gasteiger partial charge in [-0.25, -0.2) is 4.99 Å². The summed E-state index contributed by atoms with van der Waals surface area (Å²) in [4.78, 5) is 17.5. The Morgan fingerprint density at radius 3 is 2.48 bits per heavy atom. The molecular formula is C15H32N4O2. The maximum Gasteiger partial charge on any atom is 0.243 e. The quantitative estimate of drug-likeness (QED) is 0.380. The third-order valence-electron chi connectivity index (χ3n) is 3.20. The number of amides is 1. The molecule has 0 aliphatic heterocycles. The van der Waals surface area contributed by atoms with Crippen molar-refractivity contribution in [2.75, 3.05) is 40.4 Å². The molecule has 2 N–H and O–H groups in total. The molecule has 1 atom stereocenters. The van der Waals surface area contributed by atoms with Crippen molar-refractivity contribution >= 4 is 11.9 Å². The molecule has 0 aromatic rings. The minimum atomic E-state index is -0.0115. The van der Waals surface area contributed by atoms with Gasteiger partial charge in [-0.1, -0.05) is 13.8 Å². The minimum Gasteiger partial charge on any atom is -0.382 e. The van der Waals surface area contributed by atoms with Gasteiger partial charge < -0.3 is 20.3 Å². The highest BCUT2D eigenvalue weighted by Crippen LogP contribution is 1.99. The molecule has 0 aliphatic carbocycles. The predicted molar refractivity (Wildman–Crippen MR) is 87.5 cm³/mol. The number of ether oxygens (including phenoxy) is 1. The maximum atomic E-state index is 11.6. The topological polar surface area (TPSA) is 66.0 Å². The smallest absolute Gasteiger partial charge is 0.243 e. The van der Waals surface area contributed by atoms with Gasteiger partial charge in [0.05, 0.1) is 0 Å². The average molecular weight is 300 g/mol. The number of hydrogen-bond donors (Lipinski definition) is 2. The van der Waals surface area contributed by atoms with Crippen LogP contribution in [0.2, 0.25) is 0 Å². The molecular weight excluding hydrogens is 268 g/mol. The fraction of sp³-hybridized carbons (Fsp3) is 0.867. The third-order valence-corrected chi connectivity index (χ3v) is 3.20. The van der Waals surface area contributed by atoms with Gasteiger partial charge in [-0.2, -0.15) is 0 Å². The van der Waals surface area contributed by atoms with E-state index < -0.39 is 0 Å². The van der Waals surface area contributed by atoms with Crippen molar-refractivity contribution < 1.29 is 9.53 Å². The lowest BCUT2D eigenvalue weighted by molar-refractivity contribution is -0.127. The molecule has 0 fully saturated rings. The van der Waals surface area contributed by atoms with Crippen LogP contribution in [0.1, 0.15) is 34.1 Å². The van der Waals surface area contributed by atoms with Gasteiger partial charge in [-0.3, -0.25) is 4.79 Å². The van der Waals surface area contributed by atoms with Crippen LogP contribution in [0, 0.1) is 5.92 Å². The standard InChI is InChI=1S/C15H32N4O2/c1-7-21-10-8-9-16-15(18-13(4)12(2)3)17-11-14(20)19(5)6/h12-13H,7-11H2,1-6H3,(H2,16,17,18). The lowest BCUT2D eigenvalue weighted by Crippen LogP contribution is -2.45. The summed E-state index contributed by atoms with van der Waals surface area (Å²) in [7, 11) is 3.47. The van der Waals surface area contributed by atoms with E-state index in [2.05, 4.69) is 36.4 Å². The van der Waals surface area contributed by atoms with Crippen molar-refractivity contribution in [3.05, 3.63) is 0 Å². The number of nitrogens with zero attached hydrogens (tertiary/aromatic N) is 2. The van der Waals surface area contributed by atoms with Gasteiger partial charge in [-0.05, 0) is 26.2 Å². The van der Waals surface area contributed by atoms with Gasteiger partial charge in [0.1, 0.15) is 6.54 Å². The zero-order valence-corrected chi connectivity index (χ0v) is 14.4. The van der Waals surface area contributed by atoms with Gasteiger partial charge in [0.2, 0.25) is 5.91 Å². The number of carbonyl (C=O) groups excluding carboxylic acids is 1. The van der Waals surface area contributed by atoms with E-state index in [4.69, 9.17) is 4.74 Å². The monoisotopic (exact) mass is 300 g/mol. The van der Waals surface area contributed by atoms with Crippen molar-refractivity contribution in [2.45, 2.75) is 40.2 Å². The van der Waals surface area contributed by atoms with Crippen LogP contribution in [0.25, 0.3) is 0 Å². The molecule has 1 amide bonds. The van der Waals surface area contributed by atoms with Crippen LogP contribution in [0.5, 0.6) is 0 Å². The summed E-state index contributed by atoms with van der Waals surface area (Å²) in [6.07, 6.45) is 0.909. The van der Waals surface area contributed by atoms with Crippen molar-refractivity contribution in [1.29, 1.82) is 0 Å². The average Bonchev–Trinajstić information content (AvgIpc) is 2.43. The van der Waals surface area contributed by atoms with Gasteiger partial charge in [-0.15, -0.1) is 0 Å². The number of nitrogens with one attached hydrogen (secondary N) is 2. The van der Waals surface area contributed by atoms with Gasteiger partial charge in [0.15, 0.2) is 5.96 Å². The zero-order valence-electron chi connectivity index (χ0n) is 14.4. The lowest BCUT2D eigenvalue weighted by atomic mass is 10.1. The number of carbonyl (C=O) groups is 1. The SMILES string of the molecule is CCOCCCNC(=NCC(=O)N(C)C)NC(C)C(C)C. The second kappa shape index (κ2) is 11.4. The van der Waals surface area contributed by atoms with Crippen LogP contribution in [0.4, 0.5) is 0 Å². The number of rotatable bonds is 9. The Morgan fingerprint density at radius 1 is 1.29 bits per heavy atom. The molecule has 0 radical (unpaired) electrons. The van der Waals surface area contributed by atoms with Crippen molar-refractivity contribution in [1.82, 2.24) is 15.5 Å². The summed E-state index contributed by atoms with van der Waals surface area (Å²) in [5.41, 5.74) is 0. The summed E-state index contributed by atoms with van der Waals surface area (Å²) in [6.45, 7) is 10.8. The summed E-state index contributed by atoms with van der Waals surface area (Å²) in [6, 6.07) is 0.289. The Labute approximate surface area is 129 Å². The number of likely N-dealkylation sites (N-methyl/N-ethyl adjacent to an activating group) is 1. The lowest BCUT2D eigenvalue weighted by Gasteiger charge is -2.21. The molecule has 0 aromatic heterocycles.